The fourth-order valence-corrected chi connectivity index (χ4v) is 2.73. The number of rotatable bonds is 4. The summed E-state index contributed by atoms with van der Waals surface area (Å²) in [4.78, 5) is 4.31. The van der Waals surface area contributed by atoms with Crippen LogP contribution in [0.1, 0.15) is 30.5 Å². The smallest absolute Gasteiger partial charge is 0.191 e. The molecular weight excluding hydrogens is 314 g/mol. The molecule has 0 aromatic heterocycles. The van der Waals surface area contributed by atoms with Crippen molar-refractivity contribution < 1.29 is 9.47 Å². The molecule has 5 nitrogen and oxygen atoms in total. The third-order valence-electron chi connectivity index (χ3n) is 4.15. The molecule has 1 atom stereocenters. The number of hydrogen-bond acceptors (Lipinski definition) is 3. The third kappa shape index (κ3) is 4.66. The lowest BCUT2D eigenvalue weighted by Gasteiger charge is -2.18. The Morgan fingerprint density at radius 1 is 1.08 bits per heavy atom. The van der Waals surface area contributed by atoms with E-state index in [0.717, 1.165) is 29.4 Å². The SMILES string of the molecule is CN=C(NCc1ccc2c(c1)OCCCO2)NC(C)c1ccccc1. The highest BCUT2D eigenvalue weighted by molar-refractivity contribution is 5.80. The molecule has 0 saturated carbocycles. The summed E-state index contributed by atoms with van der Waals surface area (Å²) in [6.45, 7) is 4.19. The van der Waals surface area contributed by atoms with Gasteiger partial charge in [-0.3, -0.25) is 4.99 Å². The molecule has 1 heterocycles. The summed E-state index contributed by atoms with van der Waals surface area (Å²) in [6.07, 6.45) is 0.913. The first-order valence-corrected chi connectivity index (χ1v) is 8.67. The van der Waals surface area contributed by atoms with Crippen LogP contribution in [-0.4, -0.2) is 26.2 Å². The second kappa shape index (κ2) is 8.42. The van der Waals surface area contributed by atoms with Crippen LogP contribution in [0.15, 0.2) is 53.5 Å². The van der Waals surface area contributed by atoms with Crippen molar-refractivity contribution in [3.63, 3.8) is 0 Å². The van der Waals surface area contributed by atoms with Gasteiger partial charge in [0.05, 0.1) is 19.3 Å². The van der Waals surface area contributed by atoms with Crippen LogP contribution in [0.4, 0.5) is 0 Å². The zero-order chi connectivity index (χ0) is 17.5. The van der Waals surface area contributed by atoms with E-state index in [4.69, 9.17) is 9.47 Å². The van der Waals surface area contributed by atoms with Crippen LogP contribution < -0.4 is 20.1 Å². The first-order valence-electron chi connectivity index (χ1n) is 8.67. The second-order valence-electron chi connectivity index (χ2n) is 6.03. The van der Waals surface area contributed by atoms with Gasteiger partial charge < -0.3 is 20.1 Å². The Labute approximate surface area is 149 Å². The summed E-state index contributed by atoms with van der Waals surface area (Å²) in [5.74, 6) is 2.40. The Bertz CT molecular complexity index is 716. The normalized spacial score (nSPS) is 15.2. The number of nitrogens with zero attached hydrogens (tertiary/aromatic N) is 1. The molecule has 2 N–H and O–H groups in total. The molecule has 0 aliphatic carbocycles. The molecule has 1 aliphatic rings. The third-order valence-corrected chi connectivity index (χ3v) is 4.15. The summed E-state index contributed by atoms with van der Waals surface area (Å²) in [5, 5.41) is 6.76. The largest absolute Gasteiger partial charge is 0.490 e. The highest BCUT2D eigenvalue weighted by Crippen LogP contribution is 2.30. The minimum Gasteiger partial charge on any atom is -0.490 e. The molecule has 0 amide bonds. The zero-order valence-corrected chi connectivity index (χ0v) is 14.8. The lowest BCUT2D eigenvalue weighted by atomic mass is 10.1. The van der Waals surface area contributed by atoms with Gasteiger partial charge in [-0.25, -0.2) is 0 Å². The molecule has 25 heavy (non-hydrogen) atoms. The van der Waals surface area contributed by atoms with Crippen molar-refractivity contribution >= 4 is 5.96 Å². The number of ether oxygens (including phenoxy) is 2. The van der Waals surface area contributed by atoms with E-state index >= 15 is 0 Å². The number of fused-ring (bicyclic) bond motifs is 1. The molecule has 2 aromatic carbocycles. The monoisotopic (exact) mass is 339 g/mol. The Morgan fingerprint density at radius 2 is 1.84 bits per heavy atom. The second-order valence-corrected chi connectivity index (χ2v) is 6.03. The number of nitrogens with one attached hydrogen (secondary N) is 2. The molecule has 0 spiro atoms. The summed E-state index contributed by atoms with van der Waals surface area (Å²) in [7, 11) is 1.78. The first-order chi connectivity index (χ1) is 12.3. The lowest BCUT2D eigenvalue weighted by Crippen LogP contribution is -2.38. The maximum Gasteiger partial charge on any atom is 0.191 e. The van der Waals surface area contributed by atoms with E-state index in [1.807, 2.05) is 30.3 Å². The van der Waals surface area contributed by atoms with Crippen molar-refractivity contribution in [2.75, 3.05) is 20.3 Å². The Kier molecular flexibility index (Phi) is 5.77. The molecule has 0 fully saturated rings. The summed E-state index contributed by atoms with van der Waals surface area (Å²) in [6, 6.07) is 16.5. The van der Waals surface area contributed by atoms with Gasteiger partial charge in [-0.1, -0.05) is 36.4 Å². The van der Waals surface area contributed by atoms with Crippen LogP contribution in [-0.2, 0) is 6.54 Å². The predicted octanol–water partition coefficient (Wildman–Crippen LogP) is 3.27. The van der Waals surface area contributed by atoms with E-state index in [9.17, 15) is 0 Å². The van der Waals surface area contributed by atoms with Gasteiger partial charge in [0.2, 0.25) is 0 Å². The fraction of sp³-hybridized carbons (Fsp3) is 0.350. The molecule has 132 valence electrons. The number of guanidine groups is 1. The van der Waals surface area contributed by atoms with Crippen molar-refractivity contribution in [3.05, 3.63) is 59.7 Å². The Hall–Kier alpha value is -2.69. The van der Waals surface area contributed by atoms with Crippen LogP contribution in [0.2, 0.25) is 0 Å². The Balaban J connectivity index is 1.59. The van der Waals surface area contributed by atoms with Crippen molar-refractivity contribution in [1.29, 1.82) is 0 Å². The van der Waals surface area contributed by atoms with E-state index in [2.05, 4.69) is 40.7 Å². The lowest BCUT2D eigenvalue weighted by molar-refractivity contribution is 0.297. The quantitative estimate of drug-likeness (QED) is 0.663. The summed E-state index contributed by atoms with van der Waals surface area (Å²) < 4.78 is 11.4. The van der Waals surface area contributed by atoms with Crippen LogP contribution in [0.25, 0.3) is 0 Å². The highest BCUT2D eigenvalue weighted by Gasteiger charge is 2.11. The molecular formula is C20H25N3O2. The van der Waals surface area contributed by atoms with Crippen molar-refractivity contribution in [2.45, 2.75) is 25.9 Å². The van der Waals surface area contributed by atoms with Crippen molar-refractivity contribution in [2.24, 2.45) is 4.99 Å². The van der Waals surface area contributed by atoms with Gasteiger partial charge in [0.1, 0.15) is 0 Å². The topological polar surface area (TPSA) is 54.9 Å². The number of aliphatic imine (C=N–C) groups is 1. The number of hydrogen-bond donors (Lipinski definition) is 2. The van der Waals surface area contributed by atoms with E-state index in [0.29, 0.717) is 19.8 Å². The summed E-state index contributed by atoms with van der Waals surface area (Å²) >= 11 is 0. The highest BCUT2D eigenvalue weighted by atomic mass is 16.5. The average Bonchev–Trinajstić information content (AvgIpc) is 2.90. The van der Waals surface area contributed by atoms with Gasteiger partial charge in [0.15, 0.2) is 17.5 Å². The van der Waals surface area contributed by atoms with E-state index in [-0.39, 0.29) is 6.04 Å². The fourth-order valence-electron chi connectivity index (χ4n) is 2.73. The Morgan fingerprint density at radius 3 is 2.60 bits per heavy atom. The van der Waals surface area contributed by atoms with E-state index in [1.54, 1.807) is 7.05 Å². The van der Waals surface area contributed by atoms with Crippen molar-refractivity contribution in [3.8, 4) is 11.5 Å². The van der Waals surface area contributed by atoms with Crippen LogP contribution in [0, 0.1) is 0 Å². The van der Waals surface area contributed by atoms with E-state index in [1.165, 1.54) is 5.56 Å². The molecule has 2 aromatic rings. The zero-order valence-electron chi connectivity index (χ0n) is 14.8. The molecule has 3 rings (SSSR count). The van der Waals surface area contributed by atoms with Gasteiger partial charge in [-0.05, 0) is 30.2 Å². The summed E-state index contributed by atoms with van der Waals surface area (Å²) in [5.41, 5.74) is 2.35. The minimum absolute atomic E-state index is 0.177. The molecule has 1 aliphatic heterocycles. The maximum atomic E-state index is 5.75. The predicted molar refractivity (Wildman–Crippen MR) is 100 cm³/mol. The van der Waals surface area contributed by atoms with Crippen LogP contribution >= 0.6 is 0 Å². The maximum absolute atomic E-state index is 5.75. The minimum atomic E-state index is 0.177. The molecule has 5 heteroatoms. The van der Waals surface area contributed by atoms with Crippen LogP contribution in [0.5, 0.6) is 11.5 Å². The van der Waals surface area contributed by atoms with Crippen LogP contribution in [0.3, 0.4) is 0 Å². The van der Waals surface area contributed by atoms with E-state index < -0.39 is 0 Å². The number of benzene rings is 2. The standard InChI is InChI=1S/C20H25N3O2/c1-15(17-7-4-3-5-8-17)23-20(21-2)22-14-16-9-10-18-19(13-16)25-12-6-11-24-18/h3-5,7-10,13,15H,6,11-12,14H2,1-2H3,(H2,21,22,23). The van der Waals surface area contributed by atoms with Crippen molar-refractivity contribution in [1.82, 2.24) is 10.6 Å². The molecule has 1 unspecified atom stereocenters. The van der Waals surface area contributed by atoms with Gasteiger partial charge >= 0.3 is 0 Å². The van der Waals surface area contributed by atoms with Gasteiger partial charge in [-0.2, -0.15) is 0 Å². The van der Waals surface area contributed by atoms with Gasteiger partial charge in [0.25, 0.3) is 0 Å². The van der Waals surface area contributed by atoms with Gasteiger partial charge in [-0.15, -0.1) is 0 Å². The molecule has 0 radical (unpaired) electrons. The van der Waals surface area contributed by atoms with Gasteiger partial charge in [0, 0.05) is 20.0 Å². The molecule has 0 bridgehead atoms. The average molecular weight is 339 g/mol. The molecule has 0 saturated heterocycles. The first kappa shape index (κ1) is 17.1.